The third-order valence-electron chi connectivity index (χ3n) is 12.3. The number of nitrogens with zero attached hydrogens (tertiary/aromatic N) is 1. The Labute approximate surface area is 481 Å². The molecule has 0 saturated heterocycles. The number of carbonyl (C=O) groups is 8. The summed E-state index contributed by atoms with van der Waals surface area (Å²) >= 11 is 10.4. The van der Waals surface area contributed by atoms with Crippen LogP contribution in [0.4, 0.5) is 0 Å². The molecule has 0 fully saturated rings. The molecular formula is C50H72IN17O9S2. The number of alkyl halides is 1. The molecule has 0 bridgehead atoms. The minimum absolute atomic E-state index is 0.0772. The summed E-state index contributed by atoms with van der Waals surface area (Å²) in [5.74, 6) is -7.97. The second kappa shape index (κ2) is 33.3. The number of carboxylic acid groups (broad SMARTS) is 1. The zero-order valence-electron chi connectivity index (χ0n) is 43.5. The maximum absolute atomic E-state index is 14.8. The first-order chi connectivity index (χ1) is 37.7. The number of rotatable bonds is 34. The van der Waals surface area contributed by atoms with Gasteiger partial charge in [0.1, 0.15) is 42.3 Å². The van der Waals surface area contributed by atoms with E-state index < -0.39 is 99.6 Å². The van der Waals surface area contributed by atoms with E-state index in [1.165, 1.54) is 12.5 Å². The van der Waals surface area contributed by atoms with Crippen molar-refractivity contribution in [3.63, 3.8) is 0 Å². The van der Waals surface area contributed by atoms with Gasteiger partial charge < -0.3 is 80.1 Å². The Balaban J connectivity index is 1.63. The van der Waals surface area contributed by atoms with Gasteiger partial charge in [-0.1, -0.05) is 90.9 Å². The van der Waals surface area contributed by atoms with Crippen molar-refractivity contribution in [3.8, 4) is 0 Å². The average molecular weight is 1250 g/mol. The SMILES string of the molecule is CCCC[C@H](NC(=O)[C@@H](N)CCCNC(=N)N)C(=O)N[C@@H](CS)C(=O)N[C@@H](Cc1c[nH]cn1)C(=O)N[C@H](Cc1ccccc1)C(=O)N[C@@H](CC(I)CNC(=N)N)C(=O)N[C@H](Cc1c[nH]c2ccccc12)C(=O)N[C@@H](CS)C(=O)O. The second-order valence-corrected chi connectivity index (χ2v) is 21.0. The Morgan fingerprint density at radius 3 is 1.77 bits per heavy atom. The van der Waals surface area contributed by atoms with Crippen LogP contribution >= 0.6 is 47.8 Å². The Kier molecular flexibility index (Phi) is 27.2. The number of amides is 7. The fraction of sp³-hybridized carbons (Fsp3) is 0.460. The minimum atomic E-state index is -1.43. The Morgan fingerprint density at radius 2 is 1.18 bits per heavy atom. The van der Waals surface area contributed by atoms with Crippen LogP contribution < -0.4 is 65.1 Å². The van der Waals surface area contributed by atoms with E-state index in [0.717, 1.165) is 10.9 Å². The molecule has 0 aliphatic rings. The van der Waals surface area contributed by atoms with Crippen molar-refractivity contribution in [2.45, 2.75) is 117 Å². The van der Waals surface area contributed by atoms with Gasteiger partial charge in [-0.05, 0) is 42.9 Å². The molecule has 79 heavy (non-hydrogen) atoms. The predicted octanol–water partition coefficient (Wildman–Crippen LogP) is -1.29. The van der Waals surface area contributed by atoms with Gasteiger partial charge in [0.25, 0.3) is 0 Å². The second-order valence-electron chi connectivity index (χ2n) is 18.5. The normalized spacial score (nSPS) is 14.5. The number of nitrogens with one attached hydrogen (secondary N) is 13. The zero-order chi connectivity index (χ0) is 58.0. The van der Waals surface area contributed by atoms with Gasteiger partial charge in [0, 0.05) is 71.1 Å². The molecule has 0 aliphatic carbocycles. The number of thiol groups is 2. The summed E-state index contributed by atoms with van der Waals surface area (Å²) in [5, 5.41) is 49.5. The number of carboxylic acids is 1. The summed E-state index contributed by atoms with van der Waals surface area (Å²) in [6.45, 7) is 2.29. The van der Waals surface area contributed by atoms with Crippen LogP contribution in [0.1, 0.15) is 62.3 Å². The number of fused-ring (bicyclic) bond motifs is 1. The lowest BCUT2D eigenvalue weighted by Crippen LogP contribution is -2.61. The number of hydrogen-bond acceptors (Lipinski definition) is 14. The number of aromatic nitrogens is 3. The number of imidazole rings is 1. The quantitative estimate of drug-likeness (QED) is 0.00647. The largest absolute Gasteiger partial charge is 0.480 e. The number of nitrogens with two attached hydrogens (primary N) is 3. The molecule has 4 aromatic rings. The van der Waals surface area contributed by atoms with Crippen LogP contribution in [0.3, 0.4) is 0 Å². The van der Waals surface area contributed by atoms with Crippen molar-refractivity contribution >= 4 is 118 Å². The molecule has 1 unspecified atom stereocenters. The third-order valence-corrected chi connectivity index (χ3v) is 14.0. The summed E-state index contributed by atoms with van der Waals surface area (Å²) in [6, 6.07) is 5.38. The van der Waals surface area contributed by atoms with Crippen molar-refractivity contribution < 1.29 is 43.5 Å². The predicted molar refractivity (Wildman–Crippen MR) is 312 cm³/mol. The molecule has 26 nitrogen and oxygen atoms in total. The minimum Gasteiger partial charge on any atom is -0.480 e. The van der Waals surface area contributed by atoms with E-state index in [1.807, 2.05) is 47.7 Å². The Hall–Kier alpha value is -7.12. The molecule has 0 aliphatic heterocycles. The topological polar surface area (TPSA) is 435 Å². The number of benzene rings is 2. The molecule has 0 saturated carbocycles. The first-order valence-corrected chi connectivity index (χ1v) is 27.9. The summed E-state index contributed by atoms with van der Waals surface area (Å²) in [4.78, 5) is 121. The summed E-state index contributed by atoms with van der Waals surface area (Å²) in [7, 11) is 0. The van der Waals surface area contributed by atoms with Gasteiger partial charge in [-0.15, -0.1) is 0 Å². The Morgan fingerprint density at radius 1 is 0.646 bits per heavy atom. The van der Waals surface area contributed by atoms with E-state index in [-0.39, 0.29) is 68.5 Å². The highest BCUT2D eigenvalue weighted by atomic mass is 127. The van der Waals surface area contributed by atoms with Crippen LogP contribution in [-0.4, -0.2) is 156 Å². The van der Waals surface area contributed by atoms with Gasteiger partial charge in [-0.25, -0.2) is 9.78 Å². The van der Waals surface area contributed by atoms with Gasteiger partial charge in [0.2, 0.25) is 41.4 Å². The number of aromatic amines is 2. The lowest BCUT2D eigenvalue weighted by Gasteiger charge is -2.28. The molecule has 430 valence electrons. The van der Waals surface area contributed by atoms with Crippen molar-refractivity contribution in [2.75, 3.05) is 24.6 Å². The van der Waals surface area contributed by atoms with Crippen LogP contribution in [-0.2, 0) is 57.6 Å². The zero-order valence-corrected chi connectivity index (χ0v) is 47.4. The number of halogens is 1. The maximum atomic E-state index is 14.8. The maximum Gasteiger partial charge on any atom is 0.327 e. The monoisotopic (exact) mass is 1250 g/mol. The van der Waals surface area contributed by atoms with Crippen molar-refractivity contribution in [1.29, 1.82) is 10.8 Å². The van der Waals surface area contributed by atoms with E-state index in [9.17, 15) is 43.5 Å². The fourth-order valence-corrected chi connectivity index (χ4v) is 9.28. The molecule has 2 aromatic heterocycles. The van der Waals surface area contributed by atoms with Crippen LogP contribution in [0.25, 0.3) is 10.9 Å². The fourth-order valence-electron chi connectivity index (χ4n) is 8.05. The van der Waals surface area contributed by atoms with E-state index >= 15 is 0 Å². The average Bonchev–Trinajstić information content (AvgIpc) is 4.16. The molecular weight excluding hydrogens is 1170 g/mol. The first-order valence-electron chi connectivity index (χ1n) is 25.4. The number of para-hydroxylation sites is 1. The number of aliphatic carboxylic acids is 1. The molecule has 29 heteroatoms. The van der Waals surface area contributed by atoms with Gasteiger partial charge in [-0.3, -0.25) is 44.4 Å². The molecule has 0 spiro atoms. The summed E-state index contributed by atoms with van der Waals surface area (Å²) < 4.78 is -0.488. The van der Waals surface area contributed by atoms with Crippen LogP contribution in [0.5, 0.6) is 0 Å². The molecule has 2 aromatic carbocycles. The highest BCUT2D eigenvalue weighted by molar-refractivity contribution is 14.1. The highest BCUT2D eigenvalue weighted by Gasteiger charge is 2.35. The smallest absolute Gasteiger partial charge is 0.327 e. The number of guanidine groups is 2. The van der Waals surface area contributed by atoms with Crippen LogP contribution in [0, 0.1) is 10.8 Å². The molecule has 7 amide bonds. The number of carbonyl (C=O) groups excluding carboxylic acids is 7. The van der Waals surface area contributed by atoms with Crippen molar-refractivity contribution in [2.24, 2.45) is 17.2 Å². The van der Waals surface area contributed by atoms with Crippen molar-refractivity contribution in [3.05, 3.63) is 90.1 Å². The molecule has 0 radical (unpaired) electrons. The molecule has 9 atom stereocenters. The number of hydrogen-bond donors (Lipinski definition) is 19. The molecule has 4 rings (SSSR count). The number of H-pyrrole nitrogens is 2. The van der Waals surface area contributed by atoms with Gasteiger partial charge in [-0.2, -0.15) is 25.3 Å². The lowest BCUT2D eigenvalue weighted by molar-refractivity contribution is -0.141. The van der Waals surface area contributed by atoms with E-state index in [4.69, 9.17) is 28.0 Å². The van der Waals surface area contributed by atoms with E-state index in [0.29, 0.717) is 42.6 Å². The Bertz CT molecular complexity index is 2690. The molecule has 20 N–H and O–H groups in total. The van der Waals surface area contributed by atoms with Gasteiger partial charge in [0.15, 0.2) is 11.9 Å². The lowest BCUT2D eigenvalue weighted by atomic mass is 10.0. The summed E-state index contributed by atoms with van der Waals surface area (Å²) in [6.07, 6.45) is 6.05. The van der Waals surface area contributed by atoms with E-state index in [2.05, 4.69) is 88.1 Å². The third kappa shape index (κ3) is 21.9. The number of unbranched alkanes of at least 4 members (excludes halogenated alkanes) is 1. The van der Waals surface area contributed by atoms with Gasteiger partial charge in [0.05, 0.1) is 18.1 Å². The van der Waals surface area contributed by atoms with Crippen LogP contribution in [0.2, 0.25) is 0 Å². The van der Waals surface area contributed by atoms with E-state index in [1.54, 1.807) is 42.6 Å². The molecule has 2 heterocycles. The standard InChI is InChI=1S/C50H72IN17O9S2/c1-2-3-14-34(62-41(69)32(52)13-9-16-58-49(53)54)42(70)67-39(24-78)47(75)66-38(20-30-23-57-26-61-30)46(74)63-35(17-27-10-5-4-6-11-27)43(71)65-37(19-29(51)22-60-50(55)56)45(73)64-36(44(72)68-40(25-79)48(76)77)18-28-21-59-33-15-8-7-12-31(28)33/h4-8,10-12,15,21,23,26,29,32,34-40,59,78-79H,2-3,9,13-14,16-20,22,24-25,52H2,1H3,(H,57,61)(H,62,69)(H,63,74)(H,64,73)(H,65,71)(H,66,75)(H,67,70)(H,68,72)(H,76,77)(H4,53,54,58)(H4,55,56,60)/t29?,32-,34-,35+,36+,37-,38-,39-,40-/m0/s1. The highest BCUT2D eigenvalue weighted by Crippen LogP contribution is 2.20. The van der Waals surface area contributed by atoms with Crippen LogP contribution in [0.15, 0.2) is 73.3 Å². The van der Waals surface area contributed by atoms with Crippen molar-refractivity contribution in [1.82, 2.24) is 62.8 Å². The first kappa shape index (κ1) is 64.4. The van der Waals surface area contributed by atoms with Gasteiger partial charge >= 0.3 is 5.97 Å². The summed E-state index contributed by atoms with van der Waals surface area (Å²) in [5.41, 5.74) is 19.3.